The molecule has 0 saturated carbocycles. The average molecular weight is 279 g/mol. The van der Waals surface area contributed by atoms with Crippen LogP contribution in [0.5, 0.6) is 0 Å². The van der Waals surface area contributed by atoms with Crippen LogP contribution in [0.25, 0.3) is 0 Å². The molecule has 2 heterocycles. The number of aromatic nitrogens is 1. The predicted molar refractivity (Wildman–Crippen MR) is 83.4 cm³/mol. The van der Waals surface area contributed by atoms with Gasteiger partial charge in [0.2, 0.25) is 0 Å². The van der Waals surface area contributed by atoms with Gasteiger partial charge in [0.25, 0.3) is 0 Å². The fourth-order valence-corrected chi connectivity index (χ4v) is 3.45. The molecule has 1 aromatic heterocycles. The second kappa shape index (κ2) is 7.88. The number of rotatable bonds is 6. The number of thioether (sulfide) groups is 1. The highest BCUT2D eigenvalue weighted by Gasteiger charge is 2.16. The molecule has 19 heavy (non-hydrogen) atoms. The number of nitrogens with zero attached hydrogens (tertiary/aromatic N) is 2. The van der Waals surface area contributed by atoms with Gasteiger partial charge in [-0.05, 0) is 25.1 Å². The van der Waals surface area contributed by atoms with Crippen LogP contribution in [-0.4, -0.2) is 40.5 Å². The third-order valence-corrected chi connectivity index (χ3v) is 4.44. The minimum atomic E-state index is 0.753. The van der Waals surface area contributed by atoms with Gasteiger partial charge in [-0.3, -0.25) is 9.88 Å². The van der Waals surface area contributed by atoms with Crippen LogP contribution in [0.15, 0.2) is 18.2 Å². The number of nitrogens with one attached hydrogen (secondary N) is 1. The third kappa shape index (κ3) is 5.13. The fraction of sp³-hybridized carbons (Fsp3) is 0.667. The van der Waals surface area contributed by atoms with Gasteiger partial charge in [0, 0.05) is 37.2 Å². The molecule has 3 nitrogen and oxygen atoms in total. The van der Waals surface area contributed by atoms with Crippen molar-refractivity contribution in [1.29, 1.82) is 0 Å². The predicted octanol–water partition coefficient (Wildman–Crippen LogP) is 2.52. The zero-order chi connectivity index (χ0) is 13.5. The Bertz CT molecular complexity index is 383. The van der Waals surface area contributed by atoms with Crippen molar-refractivity contribution in [3.05, 3.63) is 29.6 Å². The Kier molecular flexibility index (Phi) is 6.14. The van der Waals surface area contributed by atoms with E-state index in [9.17, 15) is 0 Å². The lowest BCUT2D eigenvalue weighted by molar-refractivity contribution is 0.275. The summed E-state index contributed by atoms with van der Waals surface area (Å²) in [5, 5.41) is 4.16. The second-order valence-electron chi connectivity index (χ2n) is 5.21. The van der Waals surface area contributed by atoms with Gasteiger partial charge in [-0.2, -0.15) is 11.8 Å². The number of hydrogen-bond donors (Lipinski definition) is 1. The van der Waals surface area contributed by atoms with Crippen LogP contribution in [0.2, 0.25) is 0 Å². The maximum atomic E-state index is 4.75. The second-order valence-corrected chi connectivity index (χ2v) is 6.76. The molecule has 1 N–H and O–H groups in total. The Morgan fingerprint density at radius 3 is 3.05 bits per heavy atom. The van der Waals surface area contributed by atoms with E-state index in [0.29, 0.717) is 0 Å². The van der Waals surface area contributed by atoms with Crippen molar-refractivity contribution in [2.45, 2.75) is 38.6 Å². The van der Waals surface area contributed by atoms with E-state index in [1.54, 1.807) is 0 Å². The normalized spacial score (nSPS) is 20.6. The molecule has 1 aliphatic heterocycles. The van der Waals surface area contributed by atoms with Crippen molar-refractivity contribution in [2.24, 2.45) is 0 Å². The molecule has 4 heteroatoms. The summed E-state index contributed by atoms with van der Waals surface area (Å²) in [7, 11) is 0. The summed E-state index contributed by atoms with van der Waals surface area (Å²) in [6, 6.07) is 6.39. The van der Waals surface area contributed by atoms with Crippen LogP contribution in [0, 0.1) is 0 Å². The van der Waals surface area contributed by atoms with Crippen molar-refractivity contribution >= 4 is 11.8 Å². The van der Waals surface area contributed by atoms with Crippen LogP contribution >= 0.6 is 11.8 Å². The summed E-state index contributed by atoms with van der Waals surface area (Å²) in [4.78, 5) is 7.27. The van der Waals surface area contributed by atoms with Gasteiger partial charge in [-0.1, -0.05) is 19.9 Å². The van der Waals surface area contributed by atoms with Crippen molar-refractivity contribution in [2.75, 3.05) is 25.4 Å². The van der Waals surface area contributed by atoms with Crippen LogP contribution < -0.4 is 5.32 Å². The molecule has 1 saturated heterocycles. The first-order valence-corrected chi connectivity index (χ1v) is 8.32. The average Bonchev–Trinajstić information content (AvgIpc) is 2.39. The van der Waals surface area contributed by atoms with Crippen LogP contribution in [0.1, 0.15) is 31.7 Å². The minimum absolute atomic E-state index is 0.753. The van der Waals surface area contributed by atoms with E-state index in [0.717, 1.165) is 30.6 Å². The van der Waals surface area contributed by atoms with E-state index in [1.807, 2.05) is 0 Å². The summed E-state index contributed by atoms with van der Waals surface area (Å²) in [5.74, 6) is 1.25. The first-order valence-electron chi connectivity index (χ1n) is 7.27. The number of pyridine rings is 1. The SMILES string of the molecule is CCCNCc1cccc(CN2CCSC(C)C2)n1. The zero-order valence-corrected chi connectivity index (χ0v) is 12.9. The highest BCUT2D eigenvalue weighted by atomic mass is 32.2. The maximum absolute atomic E-state index is 4.75. The largest absolute Gasteiger partial charge is 0.311 e. The Balaban J connectivity index is 1.87. The smallest absolute Gasteiger partial charge is 0.0547 e. The van der Waals surface area contributed by atoms with Gasteiger partial charge in [0.1, 0.15) is 0 Å². The van der Waals surface area contributed by atoms with E-state index in [2.05, 4.69) is 54.0 Å². The van der Waals surface area contributed by atoms with Crippen LogP contribution in [0.3, 0.4) is 0 Å². The molecule has 0 aliphatic carbocycles. The van der Waals surface area contributed by atoms with Gasteiger partial charge in [-0.15, -0.1) is 0 Å². The Labute approximate surface area is 121 Å². The summed E-state index contributed by atoms with van der Waals surface area (Å²) >= 11 is 2.08. The van der Waals surface area contributed by atoms with Gasteiger partial charge in [-0.25, -0.2) is 0 Å². The highest BCUT2D eigenvalue weighted by molar-refractivity contribution is 7.99. The van der Waals surface area contributed by atoms with Gasteiger partial charge in [0.05, 0.1) is 11.4 Å². The van der Waals surface area contributed by atoms with Crippen molar-refractivity contribution < 1.29 is 0 Å². The van der Waals surface area contributed by atoms with Crippen molar-refractivity contribution in [3.8, 4) is 0 Å². The molecule has 0 radical (unpaired) electrons. The minimum Gasteiger partial charge on any atom is -0.311 e. The standard InChI is InChI=1S/C15H25N3S/c1-3-7-16-10-14-5-4-6-15(17-14)12-18-8-9-19-13(2)11-18/h4-6,13,16H,3,7-12H2,1-2H3. The monoisotopic (exact) mass is 279 g/mol. The maximum Gasteiger partial charge on any atom is 0.0547 e. The Morgan fingerprint density at radius 1 is 1.42 bits per heavy atom. The summed E-state index contributed by atoms with van der Waals surface area (Å²) in [6.07, 6.45) is 1.17. The molecule has 0 spiro atoms. The lowest BCUT2D eigenvalue weighted by Gasteiger charge is -2.30. The van der Waals surface area contributed by atoms with Crippen molar-refractivity contribution in [3.63, 3.8) is 0 Å². The molecule has 1 aromatic rings. The fourth-order valence-electron chi connectivity index (χ4n) is 2.37. The molecule has 0 aromatic carbocycles. The lowest BCUT2D eigenvalue weighted by Crippen LogP contribution is -2.36. The highest BCUT2D eigenvalue weighted by Crippen LogP contribution is 2.19. The molecule has 1 fully saturated rings. The molecular formula is C15H25N3S. The summed E-state index contributed by atoms with van der Waals surface area (Å²) in [5.41, 5.74) is 2.36. The van der Waals surface area contributed by atoms with E-state index < -0.39 is 0 Å². The molecule has 1 aliphatic rings. The molecule has 0 bridgehead atoms. The zero-order valence-electron chi connectivity index (χ0n) is 12.1. The Hall–Kier alpha value is -0.580. The molecule has 1 atom stereocenters. The quantitative estimate of drug-likeness (QED) is 0.810. The summed E-state index contributed by atoms with van der Waals surface area (Å²) < 4.78 is 0. The molecular weight excluding hydrogens is 254 g/mol. The molecule has 2 rings (SSSR count). The molecule has 1 unspecified atom stereocenters. The van der Waals surface area contributed by atoms with Crippen LogP contribution in [-0.2, 0) is 13.1 Å². The van der Waals surface area contributed by atoms with Gasteiger partial charge in [0.15, 0.2) is 0 Å². The van der Waals surface area contributed by atoms with Crippen molar-refractivity contribution in [1.82, 2.24) is 15.2 Å². The number of hydrogen-bond acceptors (Lipinski definition) is 4. The lowest BCUT2D eigenvalue weighted by atomic mass is 10.2. The van der Waals surface area contributed by atoms with E-state index in [1.165, 1.54) is 31.0 Å². The van der Waals surface area contributed by atoms with E-state index in [-0.39, 0.29) is 0 Å². The van der Waals surface area contributed by atoms with Crippen LogP contribution in [0.4, 0.5) is 0 Å². The first kappa shape index (κ1) is 14.8. The topological polar surface area (TPSA) is 28.2 Å². The van der Waals surface area contributed by atoms with Gasteiger partial charge < -0.3 is 5.32 Å². The van der Waals surface area contributed by atoms with E-state index in [4.69, 9.17) is 4.98 Å². The van der Waals surface area contributed by atoms with E-state index >= 15 is 0 Å². The molecule has 0 amide bonds. The Morgan fingerprint density at radius 2 is 2.26 bits per heavy atom. The van der Waals surface area contributed by atoms with Gasteiger partial charge >= 0.3 is 0 Å². The first-order chi connectivity index (χ1) is 9.28. The molecule has 106 valence electrons. The third-order valence-electron chi connectivity index (χ3n) is 3.31. The summed E-state index contributed by atoms with van der Waals surface area (Å²) in [6.45, 7) is 9.81.